The van der Waals surface area contributed by atoms with Gasteiger partial charge in [0.05, 0.1) is 21.7 Å². The molecule has 2 aliphatic rings. The fourth-order valence-corrected chi connectivity index (χ4v) is 6.23. The highest BCUT2D eigenvalue weighted by atomic mass is 35.5. The number of carbonyl (C=O) groups excluding carboxylic acids is 1. The van der Waals surface area contributed by atoms with Gasteiger partial charge < -0.3 is 20.1 Å². The van der Waals surface area contributed by atoms with E-state index in [9.17, 15) is 9.90 Å². The maximum absolute atomic E-state index is 12.3. The van der Waals surface area contributed by atoms with E-state index in [0.29, 0.717) is 28.1 Å². The summed E-state index contributed by atoms with van der Waals surface area (Å²) in [4.78, 5) is 17.3. The minimum absolute atomic E-state index is 0.0158. The summed E-state index contributed by atoms with van der Waals surface area (Å²) in [7, 11) is 1.81. The summed E-state index contributed by atoms with van der Waals surface area (Å²) in [6, 6.07) is 12.5. The van der Waals surface area contributed by atoms with Gasteiger partial charge in [0, 0.05) is 45.5 Å². The Labute approximate surface area is 237 Å². The maximum Gasteiger partial charge on any atom is 0.255 e. The van der Waals surface area contributed by atoms with E-state index in [4.69, 9.17) is 27.9 Å². The Bertz CT molecular complexity index is 1040. The van der Waals surface area contributed by atoms with E-state index in [-0.39, 0.29) is 17.8 Å². The van der Waals surface area contributed by atoms with Crippen molar-refractivity contribution in [2.45, 2.75) is 51.0 Å². The molecule has 0 aromatic heterocycles. The number of benzene rings is 2. The lowest BCUT2D eigenvalue weighted by Crippen LogP contribution is -2.47. The van der Waals surface area contributed by atoms with Gasteiger partial charge in [0.15, 0.2) is 0 Å². The molecular formula is C30H41Cl2N3O3. The van der Waals surface area contributed by atoms with Crippen molar-refractivity contribution in [3.63, 3.8) is 0 Å². The number of methoxy groups -OCH3 is 1. The average Bonchev–Trinajstić information content (AvgIpc) is 2.94. The zero-order valence-electron chi connectivity index (χ0n) is 22.4. The number of ether oxygens (including phenoxy) is 1. The average molecular weight is 563 g/mol. The van der Waals surface area contributed by atoms with Gasteiger partial charge in [-0.05, 0) is 80.8 Å². The minimum atomic E-state index is -0.228. The second-order valence-corrected chi connectivity index (χ2v) is 11.5. The first-order valence-electron chi connectivity index (χ1n) is 14.0. The molecule has 2 aromatic carbocycles. The van der Waals surface area contributed by atoms with Crippen LogP contribution in [0, 0.1) is 11.8 Å². The number of piperazine rings is 1. The SMILES string of the molecule is COC(CCCNC(=O)c1ccccc1O)C1CCC(CCN2CCN(c3ccc(Cl)c(Cl)c3)CC2)CC1. The molecule has 1 unspecified atom stereocenters. The summed E-state index contributed by atoms with van der Waals surface area (Å²) in [6.07, 6.45) is 8.32. The van der Waals surface area contributed by atoms with Crippen LogP contribution in [0.2, 0.25) is 10.0 Å². The summed E-state index contributed by atoms with van der Waals surface area (Å²) in [5.41, 5.74) is 1.48. The van der Waals surface area contributed by atoms with E-state index in [0.717, 1.165) is 50.6 Å². The van der Waals surface area contributed by atoms with Gasteiger partial charge >= 0.3 is 0 Å². The molecule has 0 radical (unpaired) electrons. The number of phenols is 1. The van der Waals surface area contributed by atoms with Crippen LogP contribution in [0.1, 0.15) is 55.3 Å². The van der Waals surface area contributed by atoms with Gasteiger partial charge in [-0.3, -0.25) is 9.69 Å². The molecule has 2 N–H and O–H groups in total. The van der Waals surface area contributed by atoms with Crippen molar-refractivity contribution < 1.29 is 14.6 Å². The highest BCUT2D eigenvalue weighted by Gasteiger charge is 2.28. The zero-order chi connectivity index (χ0) is 26.9. The lowest BCUT2D eigenvalue weighted by Gasteiger charge is -2.38. The topological polar surface area (TPSA) is 65.0 Å². The van der Waals surface area contributed by atoms with Gasteiger partial charge in [-0.25, -0.2) is 0 Å². The Hall–Kier alpha value is -1.99. The number of hydrogen-bond donors (Lipinski definition) is 2. The number of nitrogens with one attached hydrogen (secondary N) is 1. The number of carbonyl (C=O) groups is 1. The van der Waals surface area contributed by atoms with Crippen LogP contribution in [0.4, 0.5) is 5.69 Å². The molecule has 1 aliphatic carbocycles. The Balaban J connectivity index is 1.10. The fraction of sp³-hybridized carbons (Fsp3) is 0.567. The molecule has 2 fully saturated rings. The van der Waals surface area contributed by atoms with Crippen molar-refractivity contribution in [1.82, 2.24) is 10.2 Å². The van der Waals surface area contributed by atoms with Crippen molar-refractivity contribution in [2.24, 2.45) is 11.8 Å². The van der Waals surface area contributed by atoms with E-state index < -0.39 is 0 Å². The number of aromatic hydroxyl groups is 1. The van der Waals surface area contributed by atoms with E-state index in [1.165, 1.54) is 44.7 Å². The minimum Gasteiger partial charge on any atom is -0.507 e. The molecule has 4 rings (SSSR count). The fourth-order valence-electron chi connectivity index (χ4n) is 5.94. The van der Waals surface area contributed by atoms with Crippen LogP contribution < -0.4 is 10.2 Å². The van der Waals surface area contributed by atoms with Crippen LogP contribution in [0.5, 0.6) is 5.75 Å². The molecule has 1 aliphatic heterocycles. The zero-order valence-corrected chi connectivity index (χ0v) is 23.9. The molecule has 1 atom stereocenters. The standard InChI is InChI=1S/C30H41Cl2N3O3/c1-38-29(7-4-15-33-30(37)25-5-2-3-6-28(25)36)23-10-8-22(9-11-23)14-16-34-17-19-35(20-18-34)24-12-13-26(31)27(32)21-24/h2-3,5-6,12-13,21-23,29,36H,4,7-11,14-20H2,1H3,(H,33,37). The van der Waals surface area contributed by atoms with Crippen molar-refractivity contribution in [2.75, 3.05) is 51.3 Å². The third-order valence-electron chi connectivity index (χ3n) is 8.31. The summed E-state index contributed by atoms with van der Waals surface area (Å²) >= 11 is 12.3. The van der Waals surface area contributed by atoms with Crippen molar-refractivity contribution in [1.29, 1.82) is 0 Å². The Morgan fingerprint density at radius 1 is 1.05 bits per heavy atom. The van der Waals surface area contributed by atoms with E-state index >= 15 is 0 Å². The van der Waals surface area contributed by atoms with Crippen LogP contribution in [-0.2, 0) is 4.74 Å². The highest BCUT2D eigenvalue weighted by molar-refractivity contribution is 6.42. The predicted octanol–water partition coefficient (Wildman–Crippen LogP) is 6.24. The van der Waals surface area contributed by atoms with Gasteiger partial charge in [0.25, 0.3) is 5.91 Å². The third-order valence-corrected chi connectivity index (χ3v) is 9.05. The first kappa shape index (κ1) is 29.0. The van der Waals surface area contributed by atoms with Crippen LogP contribution in [-0.4, -0.2) is 68.4 Å². The van der Waals surface area contributed by atoms with E-state index in [1.807, 2.05) is 19.2 Å². The summed E-state index contributed by atoms with van der Waals surface area (Å²) < 4.78 is 5.87. The number of halogens is 2. The number of rotatable bonds is 11. The summed E-state index contributed by atoms with van der Waals surface area (Å²) in [5, 5.41) is 14.0. The van der Waals surface area contributed by atoms with E-state index in [1.54, 1.807) is 18.2 Å². The van der Waals surface area contributed by atoms with Crippen LogP contribution in [0.3, 0.4) is 0 Å². The molecular weight excluding hydrogens is 521 g/mol. The van der Waals surface area contributed by atoms with Crippen molar-refractivity contribution in [3.05, 3.63) is 58.1 Å². The highest BCUT2D eigenvalue weighted by Crippen LogP contribution is 2.35. The maximum atomic E-state index is 12.3. The van der Waals surface area contributed by atoms with Crippen molar-refractivity contribution >= 4 is 34.8 Å². The smallest absolute Gasteiger partial charge is 0.255 e. The molecule has 8 heteroatoms. The third kappa shape index (κ3) is 8.01. The summed E-state index contributed by atoms with van der Waals surface area (Å²) in [6.45, 7) is 5.97. The van der Waals surface area contributed by atoms with Crippen LogP contribution in [0.15, 0.2) is 42.5 Å². The predicted molar refractivity (Wildman–Crippen MR) is 156 cm³/mol. The number of anilines is 1. The first-order chi connectivity index (χ1) is 18.4. The Morgan fingerprint density at radius 3 is 2.47 bits per heavy atom. The number of hydrogen-bond acceptors (Lipinski definition) is 5. The quantitative estimate of drug-likeness (QED) is 0.318. The number of nitrogens with zero attached hydrogens (tertiary/aromatic N) is 2. The molecule has 1 amide bonds. The van der Waals surface area contributed by atoms with Gasteiger partial charge in [-0.1, -0.05) is 48.2 Å². The molecule has 0 bridgehead atoms. The monoisotopic (exact) mass is 561 g/mol. The van der Waals surface area contributed by atoms with Crippen molar-refractivity contribution in [3.8, 4) is 5.75 Å². The Morgan fingerprint density at radius 2 is 1.79 bits per heavy atom. The van der Waals surface area contributed by atoms with Gasteiger partial charge in [0.2, 0.25) is 0 Å². The largest absolute Gasteiger partial charge is 0.507 e. The number of para-hydroxylation sites is 1. The lowest BCUT2D eigenvalue weighted by atomic mass is 9.77. The molecule has 1 heterocycles. The van der Waals surface area contributed by atoms with Gasteiger partial charge in [-0.2, -0.15) is 0 Å². The van der Waals surface area contributed by atoms with Crippen LogP contribution >= 0.6 is 23.2 Å². The Kier molecular flexibility index (Phi) is 11.0. The van der Waals surface area contributed by atoms with Gasteiger partial charge in [-0.15, -0.1) is 0 Å². The molecule has 208 valence electrons. The first-order valence-corrected chi connectivity index (χ1v) is 14.7. The normalized spacial score (nSPS) is 21.3. The summed E-state index contributed by atoms with van der Waals surface area (Å²) in [5.74, 6) is 1.19. The molecule has 6 nitrogen and oxygen atoms in total. The van der Waals surface area contributed by atoms with Gasteiger partial charge in [0.1, 0.15) is 5.75 Å². The van der Waals surface area contributed by atoms with E-state index in [2.05, 4.69) is 21.2 Å². The second kappa shape index (κ2) is 14.4. The lowest BCUT2D eigenvalue weighted by molar-refractivity contribution is 0.0212. The number of amides is 1. The number of phenolic OH excluding ortho intramolecular Hbond substituents is 1. The molecule has 2 aromatic rings. The molecule has 1 saturated heterocycles. The molecule has 0 spiro atoms. The molecule has 38 heavy (non-hydrogen) atoms. The van der Waals surface area contributed by atoms with Crippen LogP contribution in [0.25, 0.3) is 0 Å². The molecule has 1 saturated carbocycles. The second-order valence-electron chi connectivity index (χ2n) is 10.7.